The van der Waals surface area contributed by atoms with E-state index in [0.717, 1.165) is 21.2 Å². The standard InChI is InChI=1S/C13H10BrNO4S2/c14-9-5-6-20-13(9)21(18,19)15-10-4-2-1-3-8(10)7-11(15)12(16)17/h1-6,11H,7H2,(H,16,17)/t11-/m0/s1. The van der Waals surface area contributed by atoms with Crippen LogP contribution in [0.25, 0.3) is 0 Å². The summed E-state index contributed by atoms with van der Waals surface area (Å²) in [5.74, 6) is -1.15. The van der Waals surface area contributed by atoms with Crippen molar-refractivity contribution in [2.45, 2.75) is 16.7 Å². The fourth-order valence-corrected chi connectivity index (χ4v) is 6.43. The van der Waals surface area contributed by atoms with Gasteiger partial charge in [0, 0.05) is 10.9 Å². The number of benzene rings is 1. The van der Waals surface area contributed by atoms with Gasteiger partial charge in [0.1, 0.15) is 6.04 Å². The van der Waals surface area contributed by atoms with Gasteiger partial charge in [-0.15, -0.1) is 11.3 Å². The first kappa shape index (κ1) is 14.6. The minimum Gasteiger partial charge on any atom is -0.480 e. The second-order valence-corrected chi connectivity index (χ2v) is 8.32. The number of thiophene rings is 1. The summed E-state index contributed by atoms with van der Waals surface area (Å²) in [6, 6.07) is 7.39. The van der Waals surface area contributed by atoms with Crippen LogP contribution in [0.15, 0.2) is 44.4 Å². The molecule has 1 aliphatic rings. The molecular formula is C13H10BrNO4S2. The third-order valence-electron chi connectivity index (χ3n) is 3.29. The number of para-hydroxylation sites is 1. The van der Waals surface area contributed by atoms with E-state index >= 15 is 0 Å². The maximum atomic E-state index is 12.8. The molecule has 110 valence electrons. The molecule has 2 heterocycles. The molecule has 1 aliphatic heterocycles. The number of aliphatic carboxylic acids is 1. The van der Waals surface area contributed by atoms with E-state index < -0.39 is 22.0 Å². The topological polar surface area (TPSA) is 74.7 Å². The number of halogens is 1. The molecule has 1 aromatic carbocycles. The molecule has 0 saturated carbocycles. The van der Waals surface area contributed by atoms with Crippen LogP contribution in [0.4, 0.5) is 5.69 Å². The number of carboxylic acid groups (broad SMARTS) is 1. The van der Waals surface area contributed by atoms with E-state index in [1.165, 1.54) is 0 Å². The highest BCUT2D eigenvalue weighted by Gasteiger charge is 2.43. The monoisotopic (exact) mass is 387 g/mol. The zero-order valence-corrected chi connectivity index (χ0v) is 13.8. The molecule has 1 aromatic heterocycles. The van der Waals surface area contributed by atoms with Gasteiger partial charge in [-0.2, -0.15) is 0 Å². The summed E-state index contributed by atoms with van der Waals surface area (Å²) in [4.78, 5) is 11.5. The van der Waals surface area contributed by atoms with E-state index in [1.807, 2.05) is 0 Å². The van der Waals surface area contributed by atoms with Crippen LogP contribution in [-0.2, 0) is 21.2 Å². The maximum Gasteiger partial charge on any atom is 0.327 e. The molecule has 2 aromatic rings. The second kappa shape index (κ2) is 5.11. The first-order chi connectivity index (χ1) is 9.93. The van der Waals surface area contributed by atoms with Crippen molar-refractivity contribution in [1.29, 1.82) is 0 Å². The number of anilines is 1. The average molecular weight is 388 g/mol. The smallest absolute Gasteiger partial charge is 0.327 e. The molecule has 8 heteroatoms. The van der Waals surface area contributed by atoms with Gasteiger partial charge in [0.05, 0.1) is 5.69 Å². The molecule has 0 saturated heterocycles. The molecule has 0 aliphatic carbocycles. The number of rotatable bonds is 3. The van der Waals surface area contributed by atoms with Crippen molar-refractivity contribution in [3.8, 4) is 0 Å². The van der Waals surface area contributed by atoms with Gasteiger partial charge in [0.2, 0.25) is 0 Å². The van der Waals surface area contributed by atoms with Gasteiger partial charge in [0.15, 0.2) is 4.21 Å². The van der Waals surface area contributed by atoms with Gasteiger partial charge in [0.25, 0.3) is 10.0 Å². The summed E-state index contributed by atoms with van der Waals surface area (Å²) in [5.41, 5.74) is 1.16. The Bertz CT molecular complexity index is 815. The Morgan fingerprint density at radius 1 is 1.33 bits per heavy atom. The Balaban J connectivity index is 2.19. The number of hydrogen-bond donors (Lipinski definition) is 1. The van der Waals surface area contributed by atoms with Gasteiger partial charge >= 0.3 is 5.97 Å². The third-order valence-corrected chi connectivity index (χ3v) is 7.76. The predicted octanol–water partition coefficient (Wildman–Crippen LogP) is 2.72. The van der Waals surface area contributed by atoms with Crippen LogP contribution >= 0.6 is 27.3 Å². The zero-order valence-electron chi connectivity index (χ0n) is 10.6. The molecule has 0 unspecified atom stereocenters. The summed E-state index contributed by atoms with van der Waals surface area (Å²) in [5, 5.41) is 11.0. The number of nitrogens with zero attached hydrogens (tertiary/aromatic N) is 1. The predicted molar refractivity (Wildman–Crippen MR) is 83.3 cm³/mol. The quantitative estimate of drug-likeness (QED) is 0.878. The first-order valence-corrected chi connectivity index (χ1v) is 9.12. The molecule has 0 radical (unpaired) electrons. The van der Waals surface area contributed by atoms with Crippen LogP contribution in [0, 0.1) is 0 Å². The number of hydrogen-bond acceptors (Lipinski definition) is 4. The number of sulfonamides is 1. The van der Waals surface area contributed by atoms with Crippen LogP contribution in [0.2, 0.25) is 0 Å². The molecule has 0 amide bonds. The van der Waals surface area contributed by atoms with Crippen molar-refractivity contribution < 1.29 is 18.3 Å². The summed E-state index contributed by atoms with van der Waals surface area (Å²) < 4.78 is 27.3. The summed E-state index contributed by atoms with van der Waals surface area (Å²) in [6.45, 7) is 0. The molecule has 1 atom stereocenters. The number of carboxylic acids is 1. The zero-order chi connectivity index (χ0) is 15.2. The van der Waals surface area contributed by atoms with E-state index in [2.05, 4.69) is 15.9 Å². The molecule has 21 heavy (non-hydrogen) atoms. The van der Waals surface area contributed by atoms with Crippen LogP contribution in [0.3, 0.4) is 0 Å². The fourth-order valence-electron chi connectivity index (χ4n) is 2.40. The van der Waals surface area contributed by atoms with Gasteiger partial charge in [-0.05, 0) is 39.0 Å². The van der Waals surface area contributed by atoms with Crippen molar-refractivity contribution in [2.75, 3.05) is 4.31 Å². The normalized spacial score (nSPS) is 17.8. The maximum absolute atomic E-state index is 12.8. The van der Waals surface area contributed by atoms with Crippen molar-refractivity contribution in [3.63, 3.8) is 0 Å². The van der Waals surface area contributed by atoms with Crippen molar-refractivity contribution in [2.24, 2.45) is 0 Å². The highest BCUT2D eigenvalue weighted by molar-refractivity contribution is 9.10. The van der Waals surface area contributed by atoms with Crippen LogP contribution in [0.1, 0.15) is 5.56 Å². The Morgan fingerprint density at radius 2 is 2.05 bits per heavy atom. The molecule has 5 nitrogen and oxygen atoms in total. The Labute approximate surface area is 134 Å². The van der Waals surface area contributed by atoms with E-state index in [1.54, 1.807) is 35.7 Å². The molecule has 0 fully saturated rings. The van der Waals surface area contributed by atoms with Crippen molar-refractivity contribution in [3.05, 3.63) is 45.7 Å². The molecule has 1 N–H and O–H groups in total. The van der Waals surface area contributed by atoms with Gasteiger partial charge in [-0.3, -0.25) is 4.31 Å². The lowest BCUT2D eigenvalue weighted by molar-refractivity contribution is -0.138. The second-order valence-electron chi connectivity index (χ2n) is 4.54. The Hall–Kier alpha value is -1.38. The largest absolute Gasteiger partial charge is 0.480 e. The minimum absolute atomic E-state index is 0.116. The summed E-state index contributed by atoms with van der Waals surface area (Å²) in [7, 11) is -3.91. The average Bonchev–Trinajstić information content (AvgIpc) is 3.02. The van der Waals surface area contributed by atoms with E-state index in [9.17, 15) is 18.3 Å². The van der Waals surface area contributed by atoms with Gasteiger partial charge in [-0.1, -0.05) is 18.2 Å². The van der Waals surface area contributed by atoms with E-state index in [-0.39, 0.29) is 10.6 Å². The van der Waals surface area contributed by atoms with Crippen LogP contribution in [0.5, 0.6) is 0 Å². The van der Waals surface area contributed by atoms with E-state index in [0.29, 0.717) is 10.2 Å². The Morgan fingerprint density at radius 3 is 2.67 bits per heavy atom. The van der Waals surface area contributed by atoms with Gasteiger partial charge in [-0.25, -0.2) is 13.2 Å². The lowest BCUT2D eigenvalue weighted by atomic mass is 10.1. The molecule has 0 spiro atoms. The van der Waals surface area contributed by atoms with Crippen molar-refractivity contribution in [1.82, 2.24) is 0 Å². The lowest BCUT2D eigenvalue weighted by Gasteiger charge is -2.23. The molecule has 3 rings (SSSR count). The van der Waals surface area contributed by atoms with Gasteiger partial charge < -0.3 is 5.11 Å². The van der Waals surface area contributed by atoms with E-state index in [4.69, 9.17) is 0 Å². The third kappa shape index (κ3) is 2.27. The number of carbonyl (C=O) groups is 1. The first-order valence-electron chi connectivity index (χ1n) is 6.01. The molecular weight excluding hydrogens is 378 g/mol. The minimum atomic E-state index is -3.91. The lowest BCUT2D eigenvalue weighted by Crippen LogP contribution is -2.42. The molecule has 0 bridgehead atoms. The Kier molecular flexibility index (Phi) is 3.54. The van der Waals surface area contributed by atoms with Crippen LogP contribution < -0.4 is 4.31 Å². The summed E-state index contributed by atoms with van der Waals surface area (Å²) >= 11 is 4.27. The highest BCUT2D eigenvalue weighted by atomic mass is 79.9. The highest BCUT2D eigenvalue weighted by Crippen LogP contribution is 2.39. The van der Waals surface area contributed by atoms with Crippen LogP contribution in [-0.4, -0.2) is 25.5 Å². The fraction of sp³-hybridized carbons (Fsp3) is 0.154. The number of fused-ring (bicyclic) bond motifs is 1. The SMILES string of the molecule is O=C(O)[C@@H]1Cc2ccccc2N1S(=O)(=O)c1sccc1Br. The summed E-state index contributed by atoms with van der Waals surface area (Å²) in [6.07, 6.45) is 0.174. The van der Waals surface area contributed by atoms with Crippen molar-refractivity contribution >= 4 is 48.9 Å².